The fourth-order valence-corrected chi connectivity index (χ4v) is 4.27. The number of nitrogens with one attached hydrogen (secondary N) is 1. The highest BCUT2D eigenvalue weighted by Gasteiger charge is 2.31. The molecule has 1 fully saturated rings. The van der Waals surface area contributed by atoms with Crippen molar-refractivity contribution < 1.29 is 4.79 Å². The standard InChI is InChI=1S/C20H26N4O.ClH/c1-13-8-10-15(11-9-13)24-18-7-3-5-16(18)19(23-24)20(25)22-17-6-2-4-14(17)12-21;/h8-11,14,17H,2-7,12,21H2,1H3,(H,22,25);1H. The van der Waals surface area contributed by atoms with Crippen molar-refractivity contribution in [1.29, 1.82) is 0 Å². The summed E-state index contributed by atoms with van der Waals surface area (Å²) in [4.78, 5) is 12.9. The van der Waals surface area contributed by atoms with Crippen LogP contribution in [0.1, 0.15) is 53.0 Å². The van der Waals surface area contributed by atoms with Gasteiger partial charge in [-0.15, -0.1) is 12.4 Å². The number of fused-ring (bicyclic) bond motifs is 1. The third-order valence-corrected chi connectivity index (χ3v) is 5.70. The van der Waals surface area contributed by atoms with Crippen LogP contribution in [0.25, 0.3) is 5.69 Å². The Hall–Kier alpha value is -1.85. The first-order valence-corrected chi connectivity index (χ1v) is 9.36. The van der Waals surface area contributed by atoms with Gasteiger partial charge in [0.25, 0.3) is 5.91 Å². The lowest BCUT2D eigenvalue weighted by atomic mass is 10.0. The largest absolute Gasteiger partial charge is 0.348 e. The van der Waals surface area contributed by atoms with Crippen molar-refractivity contribution in [2.24, 2.45) is 11.7 Å². The molecular weight excluding hydrogens is 348 g/mol. The van der Waals surface area contributed by atoms with Crippen LogP contribution in [0, 0.1) is 12.8 Å². The number of hydrogen-bond acceptors (Lipinski definition) is 3. The van der Waals surface area contributed by atoms with Gasteiger partial charge in [-0.2, -0.15) is 5.10 Å². The number of benzene rings is 1. The Balaban J connectivity index is 0.00000196. The van der Waals surface area contributed by atoms with Crippen molar-refractivity contribution in [3.8, 4) is 5.69 Å². The molecule has 2 atom stereocenters. The zero-order valence-electron chi connectivity index (χ0n) is 15.2. The molecule has 0 spiro atoms. The molecule has 2 unspecified atom stereocenters. The molecule has 0 saturated heterocycles. The topological polar surface area (TPSA) is 72.9 Å². The van der Waals surface area contributed by atoms with Crippen LogP contribution in [-0.2, 0) is 12.8 Å². The van der Waals surface area contributed by atoms with Crippen LogP contribution in [0.5, 0.6) is 0 Å². The molecule has 2 aliphatic rings. The molecule has 1 saturated carbocycles. The van der Waals surface area contributed by atoms with Gasteiger partial charge in [-0.25, -0.2) is 4.68 Å². The molecule has 6 heteroatoms. The number of halogens is 1. The van der Waals surface area contributed by atoms with E-state index in [-0.39, 0.29) is 24.4 Å². The summed E-state index contributed by atoms with van der Waals surface area (Å²) < 4.78 is 1.96. The lowest BCUT2D eigenvalue weighted by molar-refractivity contribution is 0.0922. The van der Waals surface area contributed by atoms with Crippen LogP contribution >= 0.6 is 12.4 Å². The van der Waals surface area contributed by atoms with Gasteiger partial charge in [0.15, 0.2) is 5.69 Å². The minimum absolute atomic E-state index is 0. The summed E-state index contributed by atoms with van der Waals surface area (Å²) in [5.74, 6) is 0.366. The Bertz CT molecular complexity index is 784. The summed E-state index contributed by atoms with van der Waals surface area (Å²) in [6, 6.07) is 8.51. The van der Waals surface area contributed by atoms with Crippen LogP contribution in [0.4, 0.5) is 0 Å². The molecule has 1 heterocycles. The van der Waals surface area contributed by atoms with E-state index >= 15 is 0 Å². The van der Waals surface area contributed by atoms with Gasteiger partial charge < -0.3 is 11.1 Å². The Labute approximate surface area is 160 Å². The first-order valence-electron chi connectivity index (χ1n) is 9.36. The average Bonchev–Trinajstić information content (AvgIpc) is 3.31. The molecule has 1 amide bonds. The lowest BCUT2D eigenvalue weighted by Gasteiger charge is -2.19. The summed E-state index contributed by atoms with van der Waals surface area (Å²) >= 11 is 0. The summed E-state index contributed by atoms with van der Waals surface area (Å²) in [5.41, 5.74) is 11.0. The number of amides is 1. The van der Waals surface area contributed by atoms with Crippen molar-refractivity contribution in [1.82, 2.24) is 15.1 Å². The number of nitrogens with zero attached hydrogens (tertiary/aromatic N) is 2. The molecule has 2 aliphatic carbocycles. The quantitative estimate of drug-likeness (QED) is 0.864. The molecule has 5 nitrogen and oxygen atoms in total. The van der Waals surface area contributed by atoms with Gasteiger partial charge in [0.1, 0.15) is 0 Å². The molecule has 1 aromatic carbocycles. The lowest BCUT2D eigenvalue weighted by Crippen LogP contribution is -2.40. The van der Waals surface area contributed by atoms with Gasteiger partial charge in [0.05, 0.1) is 5.69 Å². The van der Waals surface area contributed by atoms with Gasteiger partial charge in [0.2, 0.25) is 0 Å². The summed E-state index contributed by atoms with van der Waals surface area (Å²) in [6.45, 7) is 2.71. The Kier molecular flexibility index (Phi) is 5.68. The summed E-state index contributed by atoms with van der Waals surface area (Å²) in [5, 5.41) is 7.90. The van der Waals surface area contributed by atoms with Crippen LogP contribution in [0.2, 0.25) is 0 Å². The van der Waals surface area contributed by atoms with Crippen molar-refractivity contribution >= 4 is 18.3 Å². The van der Waals surface area contributed by atoms with E-state index in [2.05, 4.69) is 36.5 Å². The fraction of sp³-hybridized carbons (Fsp3) is 0.500. The zero-order chi connectivity index (χ0) is 17.4. The highest BCUT2D eigenvalue weighted by atomic mass is 35.5. The molecule has 0 aliphatic heterocycles. The number of rotatable bonds is 4. The second-order valence-corrected chi connectivity index (χ2v) is 7.38. The number of hydrogen-bond donors (Lipinski definition) is 2. The molecule has 0 radical (unpaired) electrons. The van der Waals surface area contributed by atoms with Crippen LogP contribution in [0.15, 0.2) is 24.3 Å². The molecule has 1 aromatic heterocycles. The predicted octanol–water partition coefficient (Wildman–Crippen LogP) is 2.95. The van der Waals surface area contributed by atoms with Crippen LogP contribution in [-0.4, -0.2) is 28.3 Å². The minimum atomic E-state index is -0.0330. The number of carbonyl (C=O) groups excluding carboxylic acids is 1. The monoisotopic (exact) mass is 374 g/mol. The number of nitrogens with two attached hydrogens (primary N) is 1. The third-order valence-electron chi connectivity index (χ3n) is 5.70. The third kappa shape index (κ3) is 3.38. The highest BCUT2D eigenvalue weighted by Crippen LogP contribution is 2.29. The summed E-state index contributed by atoms with van der Waals surface area (Å²) in [6.07, 6.45) is 6.29. The van der Waals surface area contributed by atoms with Crippen LogP contribution in [0.3, 0.4) is 0 Å². The van der Waals surface area contributed by atoms with E-state index in [9.17, 15) is 4.79 Å². The van der Waals surface area contributed by atoms with Gasteiger partial charge in [0, 0.05) is 17.3 Å². The van der Waals surface area contributed by atoms with E-state index < -0.39 is 0 Å². The Morgan fingerprint density at radius 3 is 2.73 bits per heavy atom. The average molecular weight is 375 g/mol. The van der Waals surface area contributed by atoms with Crippen molar-refractivity contribution in [2.75, 3.05) is 6.54 Å². The highest BCUT2D eigenvalue weighted by molar-refractivity contribution is 5.94. The molecule has 26 heavy (non-hydrogen) atoms. The minimum Gasteiger partial charge on any atom is -0.348 e. The van der Waals surface area contributed by atoms with E-state index in [1.54, 1.807) is 0 Å². The SMILES string of the molecule is Cc1ccc(-n2nc(C(=O)NC3CCCC3CN)c3c2CCC3)cc1.Cl. The molecule has 140 valence electrons. The first-order chi connectivity index (χ1) is 12.2. The molecule has 3 N–H and O–H groups in total. The van der Waals surface area contributed by atoms with E-state index in [1.807, 2.05) is 4.68 Å². The molecule has 4 rings (SSSR count). The number of aromatic nitrogens is 2. The number of carbonyl (C=O) groups is 1. The maximum Gasteiger partial charge on any atom is 0.272 e. The Morgan fingerprint density at radius 1 is 1.23 bits per heavy atom. The second kappa shape index (κ2) is 7.80. The number of aryl methyl sites for hydroxylation is 1. The maximum absolute atomic E-state index is 12.9. The molecule has 2 aromatic rings. The second-order valence-electron chi connectivity index (χ2n) is 7.38. The van der Waals surface area contributed by atoms with Crippen molar-refractivity contribution in [3.63, 3.8) is 0 Å². The van der Waals surface area contributed by atoms with Crippen molar-refractivity contribution in [2.45, 2.75) is 51.5 Å². The van der Waals surface area contributed by atoms with E-state index in [0.717, 1.165) is 49.8 Å². The smallest absolute Gasteiger partial charge is 0.272 e. The van der Waals surface area contributed by atoms with Gasteiger partial charge in [-0.05, 0) is 63.6 Å². The maximum atomic E-state index is 12.9. The summed E-state index contributed by atoms with van der Waals surface area (Å²) in [7, 11) is 0. The van der Waals surface area contributed by atoms with Gasteiger partial charge >= 0.3 is 0 Å². The van der Waals surface area contributed by atoms with E-state index in [0.29, 0.717) is 18.2 Å². The van der Waals surface area contributed by atoms with E-state index in [1.165, 1.54) is 11.3 Å². The van der Waals surface area contributed by atoms with Crippen LogP contribution < -0.4 is 11.1 Å². The van der Waals surface area contributed by atoms with Gasteiger partial charge in [-0.1, -0.05) is 24.1 Å². The normalized spacial score (nSPS) is 21.3. The predicted molar refractivity (Wildman–Crippen MR) is 105 cm³/mol. The van der Waals surface area contributed by atoms with E-state index in [4.69, 9.17) is 10.8 Å². The van der Waals surface area contributed by atoms with Crippen molar-refractivity contribution in [3.05, 3.63) is 46.8 Å². The molecule has 0 bridgehead atoms. The molecular formula is C20H27ClN4O. The zero-order valence-corrected chi connectivity index (χ0v) is 16.0. The fourth-order valence-electron chi connectivity index (χ4n) is 4.27. The Morgan fingerprint density at radius 2 is 2.00 bits per heavy atom. The first kappa shape index (κ1) is 18.9. The van der Waals surface area contributed by atoms with Gasteiger partial charge in [-0.3, -0.25) is 4.79 Å².